The molecule has 2 nitrogen and oxygen atoms in total. The van der Waals surface area contributed by atoms with Gasteiger partial charge < -0.3 is 5.73 Å². The number of nitrogens with two attached hydrogens (primary N) is 1. The van der Waals surface area contributed by atoms with Gasteiger partial charge in [-0.3, -0.25) is 4.98 Å². The molecule has 4 heteroatoms. The zero-order valence-electron chi connectivity index (χ0n) is 9.11. The summed E-state index contributed by atoms with van der Waals surface area (Å²) in [5.74, 6) is 0. The maximum Gasteiger partial charge on any atom is 0.0637 e. The molecule has 0 spiro atoms. The number of pyridine rings is 1. The van der Waals surface area contributed by atoms with Crippen molar-refractivity contribution in [1.29, 1.82) is 0 Å². The molecular formula is C13H12BrClN2. The molecular weight excluding hydrogens is 300 g/mol. The fourth-order valence-corrected chi connectivity index (χ4v) is 2.40. The van der Waals surface area contributed by atoms with Crippen LogP contribution >= 0.6 is 27.5 Å². The fraction of sp³-hybridized carbons (Fsp3) is 0.154. The SMILES string of the molecule is NC(Cc1ccccc1Br)c1ccncc1Cl. The smallest absolute Gasteiger partial charge is 0.0637 e. The van der Waals surface area contributed by atoms with E-state index in [1.165, 1.54) is 5.56 Å². The predicted molar refractivity (Wildman–Crippen MR) is 74.0 cm³/mol. The maximum absolute atomic E-state index is 6.16. The highest BCUT2D eigenvalue weighted by molar-refractivity contribution is 9.10. The lowest BCUT2D eigenvalue weighted by molar-refractivity contribution is 0.718. The highest BCUT2D eigenvalue weighted by atomic mass is 79.9. The van der Waals surface area contributed by atoms with Crippen molar-refractivity contribution in [2.24, 2.45) is 5.73 Å². The van der Waals surface area contributed by atoms with Gasteiger partial charge in [-0.2, -0.15) is 0 Å². The summed E-state index contributed by atoms with van der Waals surface area (Å²) in [4.78, 5) is 3.96. The van der Waals surface area contributed by atoms with Crippen molar-refractivity contribution in [2.45, 2.75) is 12.5 Å². The topological polar surface area (TPSA) is 38.9 Å². The molecule has 1 aromatic heterocycles. The molecule has 2 aromatic rings. The number of hydrogen-bond acceptors (Lipinski definition) is 2. The third-order valence-electron chi connectivity index (χ3n) is 2.60. The highest BCUT2D eigenvalue weighted by Crippen LogP contribution is 2.25. The molecule has 0 aliphatic heterocycles. The lowest BCUT2D eigenvalue weighted by Crippen LogP contribution is -2.14. The first-order valence-electron chi connectivity index (χ1n) is 5.27. The summed E-state index contributed by atoms with van der Waals surface area (Å²) < 4.78 is 1.07. The number of hydrogen-bond donors (Lipinski definition) is 1. The molecule has 0 fully saturated rings. The van der Waals surface area contributed by atoms with Gasteiger partial charge in [0.15, 0.2) is 0 Å². The third kappa shape index (κ3) is 3.06. The van der Waals surface area contributed by atoms with Gasteiger partial charge in [-0.15, -0.1) is 0 Å². The average molecular weight is 312 g/mol. The van der Waals surface area contributed by atoms with Gasteiger partial charge in [0.05, 0.1) is 5.02 Å². The Morgan fingerprint density at radius 1 is 1.29 bits per heavy atom. The van der Waals surface area contributed by atoms with Crippen molar-refractivity contribution in [3.05, 3.63) is 63.3 Å². The Balaban J connectivity index is 2.20. The molecule has 1 aromatic carbocycles. The van der Waals surface area contributed by atoms with Crippen LogP contribution in [0.25, 0.3) is 0 Å². The van der Waals surface area contributed by atoms with E-state index in [4.69, 9.17) is 17.3 Å². The summed E-state index contributed by atoms with van der Waals surface area (Å²) in [6.45, 7) is 0. The van der Waals surface area contributed by atoms with Crippen LogP contribution in [-0.2, 0) is 6.42 Å². The van der Waals surface area contributed by atoms with E-state index in [9.17, 15) is 0 Å². The Labute approximate surface area is 114 Å². The monoisotopic (exact) mass is 310 g/mol. The molecule has 0 saturated heterocycles. The predicted octanol–water partition coefficient (Wildman–Crippen LogP) is 3.74. The molecule has 0 amide bonds. The standard InChI is InChI=1S/C13H12BrClN2/c14-11-4-2-1-3-9(11)7-13(16)10-5-6-17-8-12(10)15/h1-6,8,13H,7,16H2. The van der Waals surface area contributed by atoms with Crippen molar-refractivity contribution >= 4 is 27.5 Å². The minimum absolute atomic E-state index is 0.121. The number of aromatic nitrogens is 1. The average Bonchev–Trinajstić information content (AvgIpc) is 2.32. The van der Waals surface area contributed by atoms with E-state index < -0.39 is 0 Å². The third-order valence-corrected chi connectivity index (χ3v) is 3.69. The largest absolute Gasteiger partial charge is 0.324 e. The molecule has 0 saturated carbocycles. The van der Waals surface area contributed by atoms with Gasteiger partial charge in [-0.05, 0) is 29.7 Å². The molecule has 2 rings (SSSR count). The molecule has 2 N–H and O–H groups in total. The van der Waals surface area contributed by atoms with Gasteiger partial charge in [0.25, 0.3) is 0 Å². The second-order valence-corrected chi connectivity index (χ2v) is 5.06. The molecule has 0 aliphatic rings. The van der Waals surface area contributed by atoms with Gasteiger partial charge >= 0.3 is 0 Å². The summed E-state index contributed by atoms with van der Waals surface area (Å²) in [5, 5.41) is 0.618. The quantitative estimate of drug-likeness (QED) is 0.938. The summed E-state index contributed by atoms with van der Waals surface area (Å²) in [7, 11) is 0. The Kier molecular flexibility index (Phi) is 4.15. The molecule has 1 atom stereocenters. The second kappa shape index (κ2) is 5.63. The molecule has 0 bridgehead atoms. The molecule has 1 unspecified atom stereocenters. The van der Waals surface area contributed by atoms with E-state index in [1.807, 2.05) is 24.3 Å². The Morgan fingerprint density at radius 3 is 2.76 bits per heavy atom. The van der Waals surface area contributed by atoms with Gasteiger partial charge in [-0.1, -0.05) is 45.7 Å². The van der Waals surface area contributed by atoms with Crippen LogP contribution in [0.5, 0.6) is 0 Å². The lowest BCUT2D eigenvalue weighted by Gasteiger charge is -2.14. The first-order chi connectivity index (χ1) is 8.18. The molecule has 0 aliphatic carbocycles. The first kappa shape index (κ1) is 12.6. The highest BCUT2D eigenvalue weighted by Gasteiger charge is 2.12. The molecule has 1 heterocycles. The van der Waals surface area contributed by atoms with E-state index in [-0.39, 0.29) is 6.04 Å². The summed E-state index contributed by atoms with van der Waals surface area (Å²) in [6.07, 6.45) is 4.07. The van der Waals surface area contributed by atoms with Crippen LogP contribution in [0.3, 0.4) is 0 Å². The van der Waals surface area contributed by atoms with Crippen LogP contribution in [0.2, 0.25) is 5.02 Å². The van der Waals surface area contributed by atoms with Crippen LogP contribution in [0, 0.1) is 0 Å². The van der Waals surface area contributed by atoms with Gasteiger partial charge in [0, 0.05) is 22.9 Å². The summed E-state index contributed by atoms with van der Waals surface area (Å²) >= 11 is 9.59. The van der Waals surface area contributed by atoms with Gasteiger partial charge in [0.1, 0.15) is 0 Å². The second-order valence-electron chi connectivity index (χ2n) is 3.80. The minimum Gasteiger partial charge on any atom is -0.324 e. The molecule has 17 heavy (non-hydrogen) atoms. The van der Waals surface area contributed by atoms with Crippen molar-refractivity contribution in [1.82, 2.24) is 4.98 Å². The summed E-state index contributed by atoms with van der Waals surface area (Å²) in [6, 6.07) is 9.79. The van der Waals surface area contributed by atoms with Crippen LogP contribution < -0.4 is 5.73 Å². The van der Waals surface area contributed by atoms with Gasteiger partial charge in [0.2, 0.25) is 0 Å². The van der Waals surface area contributed by atoms with E-state index in [2.05, 4.69) is 27.0 Å². The van der Waals surface area contributed by atoms with Crippen molar-refractivity contribution in [2.75, 3.05) is 0 Å². The van der Waals surface area contributed by atoms with Crippen molar-refractivity contribution < 1.29 is 0 Å². The zero-order chi connectivity index (χ0) is 12.3. The number of nitrogens with zero attached hydrogens (tertiary/aromatic N) is 1. The van der Waals surface area contributed by atoms with E-state index in [0.29, 0.717) is 5.02 Å². The number of benzene rings is 1. The first-order valence-corrected chi connectivity index (χ1v) is 6.44. The van der Waals surface area contributed by atoms with Crippen LogP contribution in [0.4, 0.5) is 0 Å². The van der Waals surface area contributed by atoms with Crippen LogP contribution in [-0.4, -0.2) is 4.98 Å². The fourth-order valence-electron chi connectivity index (χ4n) is 1.70. The Hall–Kier alpha value is -0.900. The maximum atomic E-state index is 6.16. The normalized spacial score (nSPS) is 12.4. The summed E-state index contributed by atoms with van der Waals surface area (Å²) in [5.41, 5.74) is 8.27. The number of halogens is 2. The van der Waals surface area contributed by atoms with E-state index >= 15 is 0 Å². The van der Waals surface area contributed by atoms with E-state index in [1.54, 1.807) is 12.4 Å². The Bertz CT molecular complexity index is 516. The number of rotatable bonds is 3. The zero-order valence-corrected chi connectivity index (χ0v) is 11.4. The van der Waals surface area contributed by atoms with E-state index in [0.717, 1.165) is 16.5 Å². The molecule has 0 radical (unpaired) electrons. The molecule has 88 valence electrons. The minimum atomic E-state index is -0.121. The van der Waals surface area contributed by atoms with Crippen LogP contribution in [0.15, 0.2) is 47.2 Å². The van der Waals surface area contributed by atoms with Crippen molar-refractivity contribution in [3.63, 3.8) is 0 Å². The van der Waals surface area contributed by atoms with Gasteiger partial charge in [-0.25, -0.2) is 0 Å². The Morgan fingerprint density at radius 2 is 2.06 bits per heavy atom. The van der Waals surface area contributed by atoms with Crippen LogP contribution in [0.1, 0.15) is 17.2 Å². The lowest BCUT2D eigenvalue weighted by atomic mass is 10.0. The van der Waals surface area contributed by atoms with Crippen molar-refractivity contribution in [3.8, 4) is 0 Å².